The SMILES string of the molecule is CCO[Si](CCCSc1ccccc1C(=O)O)(OCC)OCC. The van der Waals surface area contributed by atoms with E-state index in [9.17, 15) is 9.90 Å². The second kappa shape index (κ2) is 10.8. The summed E-state index contributed by atoms with van der Waals surface area (Å²) in [5.41, 5.74) is 0.348. The molecule has 1 aromatic carbocycles. The van der Waals surface area contributed by atoms with Gasteiger partial charge in [-0.3, -0.25) is 0 Å². The number of aromatic carboxylic acids is 1. The minimum atomic E-state index is -2.60. The highest BCUT2D eigenvalue weighted by molar-refractivity contribution is 7.99. The molecule has 1 aromatic rings. The van der Waals surface area contributed by atoms with Gasteiger partial charge in [0.2, 0.25) is 0 Å². The van der Waals surface area contributed by atoms with Crippen LogP contribution in [0.1, 0.15) is 37.6 Å². The Kier molecular flexibility index (Phi) is 9.50. The molecule has 5 nitrogen and oxygen atoms in total. The molecule has 0 saturated heterocycles. The summed E-state index contributed by atoms with van der Waals surface area (Å²) in [7, 11) is -2.60. The largest absolute Gasteiger partial charge is 0.500 e. The minimum Gasteiger partial charge on any atom is -0.478 e. The van der Waals surface area contributed by atoms with Crippen molar-refractivity contribution < 1.29 is 23.2 Å². The van der Waals surface area contributed by atoms with Gasteiger partial charge in [0.25, 0.3) is 0 Å². The first-order valence-corrected chi connectivity index (χ1v) is 10.9. The average molecular weight is 359 g/mol. The molecular formula is C16H26O5SSi. The fourth-order valence-electron chi connectivity index (χ4n) is 2.24. The molecule has 0 aromatic heterocycles. The maximum Gasteiger partial charge on any atom is 0.500 e. The topological polar surface area (TPSA) is 65.0 Å². The third-order valence-electron chi connectivity index (χ3n) is 3.10. The third-order valence-corrected chi connectivity index (χ3v) is 7.41. The number of benzene rings is 1. The molecule has 0 heterocycles. The van der Waals surface area contributed by atoms with E-state index in [2.05, 4.69) is 0 Å². The zero-order chi connectivity index (χ0) is 17.1. The number of hydrogen-bond donors (Lipinski definition) is 1. The van der Waals surface area contributed by atoms with E-state index >= 15 is 0 Å². The lowest BCUT2D eigenvalue weighted by molar-refractivity contribution is 0.0688. The van der Waals surface area contributed by atoms with Crippen LogP contribution < -0.4 is 0 Å². The Morgan fingerprint density at radius 2 is 1.65 bits per heavy atom. The lowest BCUT2D eigenvalue weighted by atomic mass is 10.2. The summed E-state index contributed by atoms with van der Waals surface area (Å²) in [5.74, 6) is -0.0958. The van der Waals surface area contributed by atoms with Gasteiger partial charge in [0, 0.05) is 30.8 Å². The normalized spacial score (nSPS) is 11.6. The van der Waals surface area contributed by atoms with Crippen molar-refractivity contribution in [2.45, 2.75) is 38.1 Å². The summed E-state index contributed by atoms with van der Waals surface area (Å²) in [6, 6.07) is 7.81. The monoisotopic (exact) mass is 358 g/mol. The first-order chi connectivity index (χ1) is 11.1. The Morgan fingerprint density at radius 3 is 2.17 bits per heavy atom. The van der Waals surface area contributed by atoms with E-state index in [4.69, 9.17) is 13.3 Å². The first-order valence-electron chi connectivity index (χ1n) is 7.95. The van der Waals surface area contributed by atoms with Crippen LogP contribution in [0.2, 0.25) is 6.04 Å². The van der Waals surface area contributed by atoms with Crippen molar-refractivity contribution in [3.8, 4) is 0 Å². The van der Waals surface area contributed by atoms with Crippen LogP contribution in [0.5, 0.6) is 0 Å². The van der Waals surface area contributed by atoms with Gasteiger partial charge in [0.05, 0.1) is 5.56 Å². The van der Waals surface area contributed by atoms with Crippen molar-refractivity contribution in [1.29, 1.82) is 0 Å². The highest BCUT2D eigenvalue weighted by Crippen LogP contribution is 2.26. The van der Waals surface area contributed by atoms with Gasteiger partial charge in [-0.1, -0.05) is 12.1 Å². The summed E-state index contributed by atoms with van der Waals surface area (Å²) in [6.07, 6.45) is 0.852. The predicted molar refractivity (Wildman–Crippen MR) is 94.2 cm³/mol. The zero-order valence-electron chi connectivity index (χ0n) is 14.0. The van der Waals surface area contributed by atoms with Crippen molar-refractivity contribution in [1.82, 2.24) is 0 Å². The van der Waals surface area contributed by atoms with Crippen molar-refractivity contribution in [3.05, 3.63) is 29.8 Å². The van der Waals surface area contributed by atoms with Crippen molar-refractivity contribution in [3.63, 3.8) is 0 Å². The third kappa shape index (κ3) is 6.64. The molecule has 130 valence electrons. The number of carbonyl (C=O) groups is 1. The van der Waals surface area contributed by atoms with E-state index in [-0.39, 0.29) is 0 Å². The van der Waals surface area contributed by atoms with Gasteiger partial charge in [0.15, 0.2) is 0 Å². The van der Waals surface area contributed by atoms with Crippen LogP contribution in [-0.4, -0.2) is 45.5 Å². The molecule has 0 aliphatic rings. The second-order valence-corrected chi connectivity index (χ2v) is 8.60. The van der Waals surface area contributed by atoms with Crippen LogP contribution in [0, 0.1) is 0 Å². The summed E-state index contributed by atoms with van der Waals surface area (Å²) < 4.78 is 17.4. The van der Waals surface area contributed by atoms with Crippen LogP contribution >= 0.6 is 11.8 Å². The molecule has 1 N–H and O–H groups in total. The molecule has 0 fully saturated rings. The second-order valence-electron chi connectivity index (χ2n) is 4.74. The van der Waals surface area contributed by atoms with Gasteiger partial charge in [-0.05, 0) is 45.1 Å². The molecule has 0 bridgehead atoms. The quantitative estimate of drug-likeness (QED) is 0.347. The number of carboxylic acids is 1. The predicted octanol–water partition coefficient (Wildman–Crippen LogP) is 3.92. The maximum atomic E-state index is 11.2. The molecule has 0 spiro atoms. The average Bonchev–Trinajstić information content (AvgIpc) is 2.52. The number of carboxylic acid groups (broad SMARTS) is 1. The van der Waals surface area contributed by atoms with Crippen LogP contribution in [-0.2, 0) is 13.3 Å². The Labute approximate surface area is 143 Å². The highest BCUT2D eigenvalue weighted by atomic mass is 32.2. The maximum absolute atomic E-state index is 11.2. The molecule has 7 heteroatoms. The fraction of sp³-hybridized carbons (Fsp3) is 0.562. The van der Waals surface area contributed by atoms with E-state index in [0.717, 1.165) is 23.1 Å². The lowest BCUT2D eigenvalue weighted by Gasteiger charge is -2.28. The highest BCUT2D eigenvalue weighted by Gasteiger charge is 2.39. The molecule has 1 rings (SSSR count). The standard InChI is InChI=1S/C16H26O5SSi/c1-4-19-23(20-5-2,21-6-3)13-9-12-22-15-11-8-7-10-14(15)16(17)18/h7-8,10-11H,4-6,9,12-13H2,1-3H3,(H,17,18). The molecule has 0 atom stereocenters. The molecule has 0 unspecified atom stereocenters. The van der Waals surface area contributed by atoms with E-state index in [0.29, 0.717) is 25.4 Å². The summed E-state index contributed by atoms with van der Waals surface area (Å²) in [6.45, 7) is 7.54. The van der Waals surface area contributed by atoms with Crippen LogP contribution in [0.4, 0.5) is 0 Å². The first kappa shape index (κ1) is 20.2. The van der Waals surface area contributed by atoms with Gasteiger partial charge < -0.3 is 18.4 Å². The minimum absolute atomic E-state index is 0.348. The molecule has 0 aliphatic heterocycles. The van der Waals surface area contributed by atoms with Crippen LogP contribution in [0.15, 0.2) is 29.2 Å². The van der Waals surface area contributed by atoms with Gasteiger partial charge in [-0.25, -0.2) is 4.79 Å². The van der Waals surface area contributed by atoms with E-state index in [1.54, 1.807) is 23.9 Å². The van der Waals surface area contributed by atoms with Gasteiger partial charge in [-0.15, -0.1) is 11.8 Å². The number of thioether (sulfide) groups is 1. The molecule has 0 aliphatic carbocycles. The smallest absolute Gasteiger partial charge is 0.478 e. The van der Waals surface area contributed by atoms with Crippen LogP contribution in [0.25, 0.3) is 0 Å². The van der Waals surface area contributed by atoms with E-state index in [1.165, 1.54) is 0 Å². The van der Waals surface area contributed by atoms with Gasteiger partial charge in [-0.2, -0.15) is 0 Å². The molecule has 0 saturated carbocycles. The Balaban J connectivity index is 2.58. The van der Waals surface area contributed by atoms with E-state index in [1.807, 2.05) is 32.9 Å². The van der Waals surface area contributed by atoms with Crippen molar-refractivity contribution in [2.24, 2.45) is 0 Å². The van der Waals surface area contributed by atoms with E-state index < -0.39 is 14.8 Å². The van der Waals surface area contributed by atoms with Gasteiger partial charge in [0.1, 0.15) is 0 Å². The lowest BCUT2D eigenvalue weighted by Crippen LogP contribution is -2.46. The van der Waals surface area contributed by atoms with Crippen molar-refractivity contribution >= 4 is 26.5 Å². The zero-order valence-corrected chi connectivity index (χ0v) is 15.9. The summed E-state index contributed by atoms with van der Waals surface area (Å²) in [4.78, 5) is 12.0. The molecule has 0 amide bonds. The molecular weight excluding hydrogens is 332 g/mol. The van der Waals surface area contributed by atoms with Crippen molar-refractivity contribution in [2.75, 3.05) is 25.6 Å². The molecule has 0 radical (unpaired) electrons. The summed E-state index contributed by atoms with van der Waals surface area (Å²) >= 11 is 1.55. The fourth-order valence-corrected chi connectivity index (χ4v) is 6.10. The van der Waals surface area contributed by atoms with Crippen LogP contribution in [0.3, 0.4) is 0 Å². The Hall–Kier alpha value is -0.863. The molecule has 23 heavy (non-hydrogen) atoms. The summed E-state index contributed by atoms with van der Waals surface area (Å²) in [5, 5.41) is 9.19. The Bertz CT molecular complexity index is 466. The number of rotatable bonds is 12. The Morgan fingerprint density at radius 1 is 1.09 bits per heavy atom. The number of hydrogen-bond acceptors (Lipinski definition) is 5. The van der Waals surface area contributed by atoms with Gasteiger partial charge >= 0.3 is 14.8 Å².